The lowest BCUT2D eigenvalue weighted by atomic mass is 10.1. The Morgan fingerprint density at radius 3 is 2.75 bits per heavy atom. The third kappa shape index (κ3) is 2.15. The number of halogens is 1. The monoisotopic (exact) mass is 304 g/mol. The second-order valence-electron chi connectivity index (χ2n) is 4.66. The topological polar surface area (TPSA) is 34.9 Å². The number of thiophene rings is 1. The van der Waals surface area contributed by atoms with Crippen LogP contribution in [0.2, 0.25) is 4.34 Å². The number of para-hydroxylation sites is 2. The highest BCUT2D eigenvalue weighted by Gasteiger charge is 2.22. The van der Waals surface area contributed by atoms with E-state index >= 15 is 0 Å². The number of benzene rings is 1. The molecule has 2 heterocycles. The summed E-state index contributed by atoms with van der Waals surface area (Å²) in [5.41, 5.74) is 1.89. The van der Waals surface area contributed by atoms with Gasteiger partial charge in [0.25, 0.3) is 0 Å². The Labute approximate surface area is 125 Å². The lowest BCUT2D eigenvalue weighted by molar-refractivity contribution is 0.0940. The van der Waals surface area contributed by atoms with E-state index in [-0.39, 0.29) is 11.8 Å². The van der Waals surface area contributed by atoms with Gasteiger partial charge in [0, 0.05) is 0 Å². The number of nitrogens with zero attached hydrogens (tertiary/aromatic N) is 2. The fourth-order valence-corrected chi connectivity index (χ4v) is 3.49. The molecule has 5 heteroatoms. The molecule has 3 nitrogen and oxygen atoms in total. The van der Waals surface area contributed by atoms with Gasteiger partial charge in [-0.25, -0.2) is 4.98 Å². The third-order valence-electron chi connectivity index (χ3n) is 3.35. The zero-order valence-corrected chi connectivity index (χ0v) is 12.7. The average molecular weight is 305 g/mol. The second kappa shape index (κ2) is 5.04. The van der Waals surface area contributed by atoms with Crippen LogP contribution in [0.15, 0.2) is 36.4 Å². The van der Waals surface area contributed by atoms with E-state index in [1.807, 2.05) is 42.7 Å². The number of carbonyl (C=O) groups excluding carboxylic acids is 1. The van der Waals surface area contributed by atoms with Crippen LogP contribution in [0.5, 0.6) is 0 Å². The van der Waals surface area contributed by atoms with E-state index in [2.05, 4.69) is 4.98 Å². The van der Waals surface area contributed by atoms with E-state index < -0.39 is 0 Å². The van der Waals surface area contributed by atoms with E-state index in [0.717, 1.165) is 16.9 Å². The van der Waals surface area contributed by atoms with Gasteiger partial charge < -0.3 is 4.57 Å². The lowest BCUT2D eigenvalue weighted by Gasteiger charge is -2.14. The molecule has 0 saturated carbocycles. The normalized spacial score (nSPS) is 12.8. The second-order valence-corrected chi connectivity index (χ2v) is 6.38. The fraction of sp³-hybridized carbons (Fsp3) is 0.200. The Kier molecular flexibility index (Phi) is 3.36. The van der Waals surface area contributed by atoms with Crippen LogP contribution in [0.25, 0.3) is 11.0 Å². The molecule has 0 aliphatic rings. The molecule has 1 atom stereocenters. The van der Waals surface area contributed by atoms with Crippen LogP contribution in [0.4, 0.5) is 0 Å². The molecule has 2 aromatic heterocycles. The number of carbonyl (C=O) groups is 1. The van der Waals surface area contributed by atoms with Gasteiger partial charge in [-0.1, -0.05) is 23.7 Å². The number of rotatable bonds is 3. The molecule has 0 amide bonds. The van der Waals surface area contributed by atoms with Gasteiger partial charge in [-0.2, -0.15) is 0 Å². The molecule has 0 saturated heterocycles. The van der Waals surface area contributed by atoms with Crippen molar-refractivity contribution >= 4 is 39.8 Å². The molecule has 1 unspecified atom stereocenters. The Hall–Kier alpha value is -1.65. The average Bonchev–Trinajstić information content (AvgIpc) is 2.99. The van der Waals surface area contributed by atoms with Crippen molar-refractivity contribution in [1.29, 1.82) is 0 Å². The number of Topliss-reactive ketones (excluding diaryl/α,β-unsaturated/α-hetero) is 1. The minimum absolute atomic E-state index is 0.0631. The van der Waals surface area contributed by atoms with E-state index in [1.54, 1.807) is 12.1 Å². The SMILES string of the molecule is Cc1nc2ccccc2n1C(C)C(=O)c1ccc(Cl)s1. The maximum Gasteiger partial charge on any atom is 0.195 e. The number of aromatic nitrogens is 2. The number of hydrogen-bond acceptors (Lipinski definition) is 3. The summed E-state index contributed by atoms with van der Waals surface area (Å²) in [4.78, 5) is 17.7. The van der Waals surface area contributed by atoms with Crippen LogP contribution >= 0.6 is 22.9 Å². The summed E-state index contributed by atoms with van der Waals surface area (Å²) in [5.74, 6) is 0.905. The summed E-state index contributed by atoms with van der Waals surface area (Å²) >= 11 is 7.22. The Balaban J connectivity index is 2.06. The third-order valence-corrected chi connectivity index (χ3v) is 4.60. The largest absolute Gasteiger partial charge is 0.317 e. The molecule has 0 bridgehead atoms. The van der Waals surface area contributed by atoms with Crippen molar-refractivity contribution in [2.45, 2.75) is 19.9 Å². The molecule has 3 aromatic rings. The predicted molar refractivity (Wildman–Crippen MR) is 82.8 cm³/mol. The van der Waals surface area contributed by atoms with E-state index in [0.29, 0.717) is 9.21 Å². The lowest BCUT2D eigenvalue weighted by Crippen LogP contribution is -2.16. The van der Waals surface area contributed by atoms with Gasteiger partial charge in [0.05, 0.1) is 26.3 Å². The Morgan fingerprint density at radius 2 is 2.05 bits per heavy atom. The van der Waals surface area contributed by atoms with E-state index in [1.165, 1.54) is 11.3 Å². The van der Waals surface area contributed by atoms with E-state index in [9.17, 15) is 4.79 Å². The Morgan fingerprint density at radius 1 is 1.30 bits per heavy atom. The highest BCUT2D eigenvalue weighted by atomic mass is 35.5. The number of imidazole rings is 1. The van der Waals surface area contributed by atoms with Gasteiger partial charge in [-0.3, -0.25) is 4.79 Å². The molecule has 0 fully saturated rings. The molecule has 0 aliphatic heterocycles. The van der Waals surface area contributed by atoms with Crippen molar-refractivity contribution in [3.8, 4) is 0 Å². The number of hydrogen-bond donors (Lipinski definition) is 0. The predicted octanol–water partition coefficient (Wildman–Crippen LogP) is 4.50. The molecule has 102 valence electrons. The molecule has 0 N–H and O–H groups in total. The molecule has 20 heavy (non-hydrogen) atoms. The number of ketones is 1. The molecule has 0 spiro atoms. The molecule has 3 rings (SSSR count). The maximum atomic E-state index is 12.6. The van der Waals surface area contributed by atoms with Crippen molar-refractivity contribution in [1.82, 2.24) is 9.55 Å². The minimum Gasteiger partial charge on any atom is -0.317 e. The van der Waals surface area contributed by atoms with Crippen LogP contribution in [-0.4, -0.2) is 15.3 Å². The van der Waals surface area contributed by atoms with Gasteiger partial charge in [0.15, 0.2) is 5.78 Å². The van der Waals surface area contributed by atoms with Crippen molar-refractivity contribution in [3.63, 3.8) is 0 Å². The minimum atomic E-state index is -0.294. The van der Waals surface area contributed by atoms with Crippen molar-refractivity contribution in [2.75, 3.05) is 0 Å². The molecular weight excluding hydrogens is 292 g/mol. The standard InChI is InChI=1S/C15H13ClN2OS/c1-9(15(19)13-7-8-14(16)20-13)18-10(2)17-11-5-3-4-6-12(11)18/h3-9H,1-2H3. The molecule has 1 aromatic carbocycles. The van der Waals surface area contributed by atoms with Crippen molar-refractivity contribution < 1.29 is 4.79 Å². The maximum absolute atomic E-state index is 12.6. The zero-order chi connectivity index (χ0) is 14.3. The number of aryl methyl sites for hydroxylation is 1. The van der Waals surface area contributed by atoms with Gasteiger partial charge in [-0.15, -0.1) is 11.3 Å². The van der Waals surface area contributed by atoms with Crippen LogP contribution in [0.1, 0.15) is 28.5 Å². The van der Waals surface area contributed by atoms with Crippen LogP contribution in [-0.2, 0) is 0 Å². The van der Waals surface area contributed by atoms with Gasteiger partial charge in [-0.05, 0) is 38.1 Å². The number of fused-ring (bicyclic) bond motifs is 1. The van der Waals surface area contributed by atoms with Crippen LogP contribution < -0.4 is 0 Å². The first-order valence-electron chi connectivity index (χ1n) is 6.31. The first kappa shape index (κ1) is 13.3. The van der Waals surface area contributed by atoms with Crippen molar-refractivity contribution in [3.05, 3.63) is 51.4 Å². The highest BCUT2D eigenvalue weighted by molar-refractivity contribution is 7.18. The van der Waals surface area contributed by atoms with Gasteiger partial charge >= 0.3 is 0 Å². The highest BCUT2D eigenvalue weighted by Crippen LogP contribution is 2.28. The van der Waals surface area contributed by atoms with E-state index in [4.69, 9.17) is 11.6 Å². The van der Waals surface area contributed by atoms with Gasteiger partial charge in [0.2, 0.25) is 0 Å². The summed E-state index contributed by atoms with van der Waals surface area (Å²) < 4.78 is 2.61. The summed E-state index contributed by atoms with van der Waals surface area (Å²) in [6, 6.07) is 11.1. The van der Waals surface area contributed by atoms with Crippen molar-refractivity contribution in [2.24, 2.45) is 0 Å². The molecular formula is C15H13ClN2OS. The van der Waals surface area contributed by atoms with Crippen LogP contribution in [0, 0.1) is 6.92 Å². The quantitative estimate of drug-likeness (QED) is 0.668. The van der Waals surface area contributed by atoms with Gasteiger partial charge in [0.1, 0.15) is 5.82 Å². The first-order valence-corrected chi connectivity index (χ1v) is 7.50. The van der Waals surface area contributed by atoms with Crippen LogP contribution in [0.3, 0.4) is 0 Å². The molecule has 0 aliphatic carbocycles. The smallest absolute Gasteiger partial charge is 0.195 e. The first-order chi connectivity index (χ1) is 9.58. The summed E-state index contributed by atoms with van der Waals surface area (Å²) in [5, 5.41) is 0. The zero-order valence-electron chi connectivity index (χ0n) is 11.1. The fourth-order valence-electron chi connectivity index (χ4n) is 2.42. The summed E-state index contributed by atoms with van der Waals surface area (Å²) in [7, 11) is 0. The summed E-state index contributed by atoms with van der Waals surface area (Å²) in [6.07, 6.45) is 0. The summed E-state index contributed by atoms with van der Waals surface area (Å²) in [6.45, 7) is 3.82. The Bertz CT molecular complexity index is 790. The molecule has 0 radical (unpaired) electrons.